The zero-order valence-electron chi connectivity index (χ0n) is 8.68. The molecule has 0 saturated heterocycles. The Morgan fingerprint density at radius 2 is 2.33 bits per heavy atom. The van der Waals surface area contributed by atoms with Crippen LogP contribution in [0.4, 0.5) is 0 Å². The Bertz CT molecular complexity index is 383. The third-order valence-corrected chi connectivity index (χ3v) is 2.31. The van der Waals surface area contributed by atoms with E-state index in [1.54, 1.807) is 12.5 Å². The van der Waals surface area contributed by atoms with E-state index in [4.69, 9.17) is 4.42 Å². The maximum Gasteiger partial charge on any atom is 0.120 e. The van der Waals surface area contributed by atoms with Crippen molar-refractivity contribution < 1.29 is 4.42 Å². The van der Waals surface area contributed by atoms with Crippen LogP contribution in [0, 0.1) is 0 Å². The van der Waals surface area contributed by atoms with Gasteiger partial charge in [0.1, 0.15) is 5.76 Å². The summed E-state index contributed by atoms with van der Waals surface area (Å²) in [6.45, 7) is 2.88. The lowest BCUT2D eigenvalue weighted by Gasteiger charge is -2.10. The third kappa shape index (κ3) is 2.67. The van der Waals surface area contributed by atoms with Crippen molar-refractivity contribution in [3.05, 3.63) is 54.2 Å². The summed E-state index contributed by atoms with van der Waals surface area (Å²) in [6, 6.07) is 8.09. The van der Waals surface area contributed by atoms with Crippen LogP contribution in [0.25, 0.3) is 0 Å². The summed E-state index contributed by atoms with van der Waals surface area (Å²) < 4.78 is 5.31. The first-order chi connectivity index (χ1) is 7.36. The first kappa shape index (κ1) is 9.93. The lowest BCUT2D eigenvalue weighted by Crippen LogP contribution is -2.17. The van der Waals surface area contributed by atoms with Crippen molar-refractivity contribution in [2.45, 2.75) is 19.5 Å². The van der Waals surface area contributed by atoms with Crippen LogP contribution in [0.5, 0.6) is 0 Å². The number of pyridine rings is 1. The van der Waals surface area contributed by atoms with E-state index in [-0.39, 0.29) is 6.04 Å². The van der Waals surface area contributed by atoms with E-state index in [1.165, 1.54) is 5.56 Å². The van der Waals surface area contributed by atoms with E-state index in [1.807, 2.05) is 24.4 Å². The van der Waals surface area contributed by atoms with Crippen molar-refractivity contribution in [1.82, 2.24) is 10.3 Å². The second-order valence-corrected chi connectivity index (χ2v) is 3.48. The van der Waals surface area contributed by atoms with Gasteiger partial charge >= 0.3 is 0 Å². The minimum absolute atomic E-state index is 0.222. The van der Waals surface area contributed by atoms with Gasteiger partial charge in [-0.05, 0) is 30.7 Å². The lowest BCUT2D eigenvalue weighted by atomic mass is 10.2. The topological polar surface area (TPSA) is 38.1 Å². The molecule has 0 unspecified atom stereocenters. The second kappa shape index (κ2) is 4.75. The van der Waals surface area contributed by atoms with Crippen LogP contribution in [-0.2, 0) is 6.54 Å². The Labute approximate surface area is 89.1 Å². The Morgan fingerprint density at radius 1 is 1.40 bits per heavy atom. The first-order valence-corrected chi connectivity index (χ1v) is 5.02. The summed E-state index contributed by atoms with van der Waals surface area (Å²) in [6.07, 6.45) is 5.33. The highest BCUT2D eigenvalue weighted by atomic mass is 16.3. The average molecular weight is 202 g/mol. The third-order valence-electron chi connectivity index (χ3n) is 2.31. The van der Waals surface area contributed by atoms with E-state index < -0.39 is 0 Å². The van der Waals surface area contributed by atoms with Gasteiger partial charge in [-0.3, -0.25) is 4.98 Å². The van der Waals surface area contributed by atoms with Gasteiger partial charge in [-0.2, -0.15) is 0 Å². The summed E-state index contributed by atoms with van der Waals surface area (Å²) in [5, 5.41) is 3.37. The summed E-state index contributed by atoms with van der Waals surface area (Å²) in [5.41, 5.74) is 1.18. The van der Waals surface area contributed by atoms with Gasteiger partial charge in [0.05, 0.1) is 12.3 Å². The molecule has 0 aliphatic carbocycles. The molecule has 15 heavy (non-hydrogen) atoms. The molecule has 0 aliphatic rings. The summed E-state index contributed by atoms with van der Waals surface area (Å²) in [4.78, 5) is 4.06. The molecule has 0 amide bonds. The fourth-order valence-electron chi connectivity index (χ4n) is 1.41. The molecule has 0 aromatic carbocycles. The van der Waals surface area contributed by atoms with E-state index in [0.717, 1.165) is 12.3 Å². The Hall–Kier alpha value is -1.61. The molecule has 2 aromatic rings. The summed E-state index contributed by atoms with van der Waals surface area (Å²) >= 11 is 0. The normalized spacial score (nSPS) is 12.6. The number of hydrogen-bond donors (Lipinski definition) is 1. The van der Waals surface area contributed by atoms with E-state index in [2.05, 4.69) is 23.3 Å². The predicted molar refractivity (Wildman–Crippen MR) is 58.2 cm³/mol. The zero-order chi connectivity index (χ0) is 10.5. The van der Waals surface area contributed by atoms with Crippen molar-refractivity contribution in [3.8, 4) is 0 Å². The van der Waals surface area contributed by atoms with Crippen LogP contribution >= 0.6 is 0 Å². The molecule has 2 aromatic heterocycles. The quantitative estimate of drug-likeness (QED) is 0.827. The first-order valence-electron chi connectivity index (χ1n) is 5.02. The zero-order valence-corrected chi connectivity index (χ0v) is 8.68. The minimum atomic E-state index is 0.222. The van der Waals surface area contributed by atoms with Gasteiger partial charge in [-0.15, -0.1) is 0 Å². The molecule has 3 heteroatoms. The van der Waals surface area contributed by atoms with Crippen LogP contribution in [0.1, 0.15) is 24.3 Å². The standard InChI is InChI=1S/C12H14N2O/c1-10(12-5-3-7-15-12)14-9-11-4-2-6-13-8-11/h2-8,10,14H,9H2,1H3/t10-/m0/s1. The smallest absolute Gasteiger partial charge is 0.120 e. The van der Waals surface area contributed by atoms with Crippen molar-refractivity contribution in [2.24, 2.45) is 0 Å². The molecule has 0 spiro atoms. The molecular weight excluding hydrogens is 188 g/mol. The van der Waals surface area contributed by atoms with E-state index >= 15 is 0 Å². The molecule has 3 nitrogen and oxygen atoms in total. The number of furan rings is 1. The highest BCUT2D eigenvalue weighted by molar-refractivity contribution is 5.09. The Morgan fingerprint density at radius 3 is 3.00 bits per heavy atom. The van der Waals surface area contributed by atoms with Crippen molar-refractivity contribution >= 4 is 0 Å². The van der Waals surface area contributed by atoms with Crippen LogP contribution in [0.15, 0.2) is 47.3 Å². The summed E-state index contributed by atoms with van der Waals surface area (Å²) in [5.74, 6) is 0.957. The molecule has 78 valence electrons. The van der Waals surface area contributed by atoms with Crippen LogP contribution in [0.2, 0.25) is 0 Å². The Kier molecular flexibility index (Phi) is 3.15. The number of hydrogen-bond acceptors (Lipinski definition) is 3. The monoisotopic (exact) mass is 202 g/mol. The van der Waals surface area contributed by atoms with Crippen LogP contribution in [-0.4, -0.2) is 4.98 Å². The van der Waals surface area contributed by atoms with Gasteiger partial charge in [-0.1, -0.05) is 6.07 Å². The lowest BCUT2D eigenvalue weighted by molar-refractivity contribution is 0.430. The van der Waals surface area contributed by atoms with Crippen molar-refractivity contribution in [2.75, 3.05) is 0 Å². The number of nitrogens with one attached hydrogen (secondary N) is 1. The van der Waals surface area contributed by atoms with Crippen LogP contribution in [0.3, 0.4) is 0 Å². The molecular formula is C12H14N2O. The number of aromatic nitrogens is 1. The van der Waals surface area contributed by atoms with Gasteiger partial charge in [-0.25, -0.2) is 0 Å². The fraction of sp³-hybridized carbons (Fsp3) is 0.250. The largest absolute Gasteiger partial charge is 0.468 e. The van der Waals surface area contributed by atoms with Crippen LogP contribution < -0.4 is 5.32 Å². The predicted octanol–water partition coefficient (Wildman–Crippen LogP) is 2.53. The van der Waals surface area contributed by atoms with E-state index in [9.17, 15) is 0 Å². The van der Waals surface area contributed by atoms with Gasteiger partial charge in [0.2, 0.25) is 0 Å². The van der Waals surface area contributed by atoms with Crippen molar-refractivity contribution in [1.29, 1.82) is 0 Å². The molecule has 2 rings (SSSR count). The minimum Gasteiger partial charge on any atom is -0.468 e. The highest BCUT2D eigenvalue weighted by Crippen LogP contribution is 2.12. The molecule has 2 heterocycles. The SMILES string of the molecule is C[C@H](NCc1cccnc1)c1ccco1. The fourth-order valence-corrected chi connectivity index (χ4v) is 1.41. The molecule has 0 aliphatic heterocycles. The Balaban J connectivity index is 1.89. The summed E-state index contributed by atoms with van der Waals surface area (Å²) in [7, 11) is 0. The maximum absolute atomic E-state index is 5.31. The van der Waals surface area contributed by atoms with Crippen molar-refractivity contribution in [3.63, 3.8) is 0 Å². The average Bonchev–Trinajstić information content (AvgIpc) is 2.81. The molecule has 1 N–H and O–H groups in total. The van der Waals surface area contributed by atoms with Gasteiger partial charge in [0.15, 0.2) is 0 Å². The van der Waals surface area contributed by atoms with Gasteiger partial charge < -0.3 is 9.73 Å². The maximum atomic E-state index is 5.31. The van der Waals surface area contributed by atoms with Gasteiger partial charge in [0, 0.05) is 18.9 Å². The molecule has 1 atom stereocenters. The molecule has 0 fully saturated rings. The van der Waals surface area contributed by atoms with E-state index in [0.29, 0.717) is 0 Å². The molecule has 0 bridgehead atoms. The highest BCUT2D eigenvalue weighted by Gasteiger charge is 2.06. The van der Waals surface area contributed by atoms with Gasteiger partial charge in [0.25, 0.3) is 0 Å². The second-order valence-electron chi connectivity index (χ2n) is 3.48. The molecule has 0 saturated carbocycles. The molecule has 0 radical (unpaired) electrons. The number of nitrogens with zero attached hydrogens (tertiary/aromatic N) is 1. The number of rotatable bonds is 4.